The van der Waals surface area contributed by atoms with Crippen molar-refractivity contribution in [3.63, 3.8) is 0 Å². The van der Waals surface area contributed by atoms with Gasteiger partial charge in [0.05, 0.1) is 30.1 Å². The normalized spacial score (nSPS) is 10.6. The third kappa shape index (κ3) is 2.54. The Bertz CT molecular complexity index is 956. The van der Waals surface area contributed by atoms with Crippen molar-refractivity contribution < 1.29 is 9.53 Å². The molecule has 1 amide bonds. The van der Waals surface area contributed by atoms with Crippen LogP contribution in [0.2, 0.25) is 0 Å². The molecule has 24 heavy (non-hydrogen) atoms. The highest BCUT2D eigenvalue weighted by atomic mass is 16.5. The van der Waals surface area contributed by atoms with Crippen molar-refractivity contribution in [2.24, 2.45) is 16.5 Å². The molecular formula is C16H16N6O2. The van der Waals surface area contributed by atoms with Gasteiger partial charge in [-0.2, -0.15) is 10.1 Å². The second-order valence-electron chi connectivity index (χ2n) is 5.08. The lowest BCUT2D eigenvalue weighted by molar-refractivity contribution is 0.100. The first-order valence-electron chi connectivity index (χ1n) is 7.13. The van der Waals surface area contributed by atoms with E-state index in [4.69, 9.17) is 16.2 Å². The second-order valence-corrected chi connectivity index (χ2v) is 5.08. The van der Waals surface area contributed by atoms with E-state index in [2.05, 4.69) is 15.1 Å². The van der Waals surface area contributed by atoms with Crippen molar-refractivity contribution >= 4 is 22.8 Å². The first kappa shape index (κ1) is 15.5. The van der Waals surface area contributed by atoms with E-state index < -0.39 is 5.91 Å². The summed E-state index contributed by atoms with van der Waals surface area (Å²) >= 11 is 0. The fourth-order valence-corrected chi connectivity index (χ4v) is 2.52. The monoisotopic (exact) mass is 324 g/mol. The van der Waals surface area contributed by atoms with Crippen LogP contribution in [0.3, 0.4) is 0 Å². The third-order valence-electron chi connectivity index (χ3n) is 3.62. The maximum Gasteiger partial charge on any atom is 0.283 e. The molecule has 0 saturated carbocycles. The SMILES string of the molecule is COc1ccc2ncccc2c1-n1ncc(C(=O)N=C(N)N)c1C. The van der Waals surface area contributed by atoms with Crippen molar-refractivity contribution in [1.82, 2.24) is 14.8 Å². The van der Waals surface area contributed by atoms with Crippen molar-refractivity contribution in [3.05, 3.63) is 47.9 Å². The first-order chi connectivity index (χ1) is 11.5. The Morgan fingerprint density at radius 1 is 1.29 bits per heavy atom. The number of nitrogens with two attached hydrogens (primary N) is 2. The van der Waals surface area contributed by atoms with E-state index in [1.165, 1.54) is 6.20 Å². The average molecular weight is 324 g/mol. The summed E-state index contributed by atoms with van der Waals surface area (Å²) in [5.41, 5.74) is 12.9. The number of benzene rings is 1. The van der Waals surface area contributed by atoms with Gasteiger partial charge in [0.15, 0.2) is 5.96 Å². The summed E-state index contributed by atoms with van der Waals surface area (Å²) in [6.07, 6.45) is 3.14. The molecule has 0 radical (unpaired) electrons. The van der Waals surface area contributed by atoms with Gasteiger partial charge in [-0.1, -0.05) is 0 Å². The summed E-state index contributed by atoms with van der Waals surface area (Å²) in [7, 11) is 1.57. The van der Waals surface area contributed by atoms with E-state index in [1.807, 2.05) is 24.3 Å². The molecule has 1 aromatic carbocycles. The maximum absolute atomic E-state index is 12.1. The molecule has 4 N–H and O–H groups in total. The highest BCUT2D eigenvalue weighted by molar-refractivity contribution is 6.02. The van der Waals surface area contributed by atoms with Crippen LogP contribution in [-0.4, -0.2) is 33.7 Å². The largest absolute Gasteiger partial charge is 0.494 e. The summed E-state index contributed by atoms with van der Waals surface area (Å²) in [6.45, 7) is 1.76. The molecule has 2 heterocycles. The molecule has 0 atom stereocenters. The zero-order chi connectivity index (χ0) is 17.3. The van der Waals surface area contributed by atoms with Gasteiger partial charge in [-0.15, -0.1) is 0 Å². The molecule has 0 spiro atoms. The Morgan fingerprint density at radius 2 is 2.08 bits per heavy atom. The number of carbonyl (C=O) groups is 1. The Balaban J connectivity index is 2.24. The lowest BCUT2D eigenvalue weighted by atomic mass is 10.1. The van der Waals surface area contributed by atoms with Gasteiger partial charge in [0.2, 0.25) is 0 Å². The molecule has 0 unspecified atom stereocenters. The fraction of sp³-hybridized carbons (Fsp3) is 0.125. The minimum Gasteiger partial charge on any atom is -0.494 e. The lowest BCUT2D eigenvalue weighted by Crippen LogP contribution is -2.24. The van der Waals surface area contributed by atoms with Gasteiger partial charge in [-0.05, 0) is 31.2 Å². The zero-order valence-electron chi connectivity index (χ0n) is 13.2. The molecule has 3 aromatic rings. The number of pyridine rings is 1. The molecule has 0 bridgehead atoms. The van der Waals surface area contributed by atoms with E-state index in [-0.39, 0.29) is 5.96 Å². The first-order valence-corrected chi connectivity index (χ1v) is 7.13. The van der Waals surface area contributed by atoms with Crippen molar-refractivity contribution in [1.29, 1.82) is 0 Å². The minimum absolute atomic E-state index is 0.293. The van der Waals surface area contributed by atoms with Crippen molar-refractivity contribution in [3.8, 4) is 11.4 Å². The van der Waals surface area contributed by atoms with Gasteiger partial charge in [0.1, 0.15) is 11.4 Å². The third-order valence-corrected chi connectivity index (χ3v) is 3.62. The molecular weight excluding hydrogens is 308 g/mol. The highest BCUT2D eigenvalue weighted by Crippen LogP contribution is 2.31. The molecule has 122 valence electrons. The maximum atomic E-state index is 12.1. The summed E-state index contributed by atoms with van der Waals surface area (Å²) in [5.74, 6) is -0.224. The molecule has 0 aliphatic rings. The number of carbonyl (C=O) groups excluding carboxylic acids is 1. The molecule has 8 nitrogen and oxygen atoms in total. The predicted molar refractivity (Wildman–Crippen MR) is 90.3 cm³/mol. The van der Waals surface area contributed by atoms with E-state index in [0.29, 0.717) is 22.7 Å². The van der Waals surface area contributed by atoms with E-state index >= 15 is 0 Å². The van der Waals surface area contributed by atoms with Crippen LogP contribution in [0, 0.1) is 6.92 Å². The number of rotatable bonds is 3. The number of methoxy groups -OCH3 is 1. The van der Waals surface area contributed by atoms with Crippen LogP contribution >= 0.6 is 0 Å². The number of amides is 1. The number of aliphatic imine (C=N–C) groups is 1. The Kier molecular flexibility index (Phi) is 3.87. The minimum atomic E-state index is -0.545. The molecule has 0 aliphatic heterocycles. The smallest absolute Gasteiger partial charge is 0.283 e. The zero-order valence-corrected chi connectivity index (χ0v) is 13.2. The Morgan fingerprint density at radius 3 is 2.79 bits per heavy atom. The lowest BCUT2D eigenvalue weighted by Gasteiger charge is -2.13. The van der Waals surface area contributed by atoms with Crippen LogP contribution in [0.15, 0.2) is 41.7 Å². The summed E-state index contributed by atoms with van der Waals surface area (Å²) < 4.78 is 7.08. The van der Waals surface area contributed by atoms with Gasteiger partial charge in [0, 0.05) is 11.6 Å². The Labute approximate surface area is 137 Å². The van der Waals surface area contributed by atoms with Crippen molar-refractivity contribution in [2.75, 3.05) is 7.11 Å². The quantitative estimate of drug-likeness (QED) is 0.550. The standard InChI is InChI=1S/C16H16N6O2/c1-9-11(15(23)21-16(17)18)8-20-22(9)14-10-4-3-7-19-12(10)5-6-13(14)24-2/h3-8H,1-2H3,(H4,17,18,21,23). The molecule has 0 fully saturated rings. The van der Waals surface area contributed by atoms with Gasteiger partial charge in [-0.3, -0.25) is 9.78 Å². The van der Waals surface area contributed by atoms with Crippen LogP contribution in [-0.2, 0) is 0 Å². The Hall–Kier alpha value is -3.42. The highest BCUT2D eigenvalue weighted by Gasteiger charge is 2.19. The predicted octanol–water partition coefficient (Wildman–Crippen LogP) is 1.15. The van der Waals surface area contributed by atoms with Crippen LogP contribution in [0.4, 0.5) is 0 Å². The van der Waals surface area contributed by atoms with Gasteiger partial charge in [0.25, 0.3) is 5.91 Å². The molecule has 2 aromatic heterocycles. The summed E-state index contributed by atoms with van der Waals surface area (Å²) in [6, 6.07) is 7.42. The second kappa shape index (κ2) is 5.99. The molecule has 3 rings (SSSR count). The summed E-state index contributed by atoms with van der Waals surface area (Å²) in [4.78, 5) is 20.0. The topological polar surface area (TPSA) is 121 Å². The number of hydrogen-bond donors (Lipinski definition) is 2. The van der Waals surface area contributed by atoms with Gasteiger partial charge in [-0.25, -0.2) is 4.68 Å². The number of aromatic nitrogens is 3. The number of guanidine groups is 1. The number of ether oxygens (including phenoxy) is 1. The number of hydrogen-bond acceptors (Lipinski definition) is 4. The van der Waals surface area contributed by atoms with Crippen molar-refractivity contribution in [2.45, 2.75) is 6.92 Å². The summed E-state index contributed by atoms with van der Waals surface area (Å²) in [5, 5.41) is 5.16. The molecule has 8 heteroatoms. The number of fused-ring (bicyclic) bond motifs is 1. The van der Waals surface area contributed by atoms with Gasteiger partial charge < -0.3 is 16.2 Å². The van der Waals surface area contributed by atoms with E-state index in [1.54, 1.807) is 24.9 Å². The van der Waals surface area contributed by atoms with Crippen LogP contribution < -0.4 is 16.2 Å². The molecule has 0 aliphatic carbocycles. The fourth-order valence-electron chi connectivity index (χ4n) is 2.52. The van der Waals surface area contributed by atoms with E-state index in [0.717, 1.165) is 10.9 Å². The van der Waals surface area contributed by atoms with Crippen LogP contribution in [0.25, 0.3) is 16.6 Å². The van der Waals surface area contributed by atoms with E-state index in [9.17, 15) is 4.79 Å². The van der Waals surface area contributed by atoms with Gasteiger partial charge >= 0.3 is 0 Å². The molecule has 0 saturated heterocycles. The van der Waals surface area contributed by atoms with Crippen LogP contribution in [0.1, 0.15) is 16.1 Å². The number of nitrogens with zero attached hydrogens (tertiary/aromatic N) is 4. The average Bonchev–Trinajstić information content (AvgIpc) is 2.94. The van der Waals surface area contributed by atoms with Crippen LogP contribution in [0.5, 0.6) is 5.75 Å².